The number of benzene rings is 2. The van der Waals surface area contributed by atoms with Crippen LogP contribution in [-0.4, -0.2) is 20.7 Å². The minimum absolute atomic E-state index is 0.000974. The normalized spacial score (nSPS) is 10.1. The molecule has 3 aromatic rings. The molecule has 1 N–H and O–H groups in total. The molecule has 0 spiro atoms. The zero-order valence-electron chi connectivity index (χ0n) is 12.6. The Balaban J connectivity index is 1.70. The largest absolute Gasteiger partial charge is 0.323 e. The molecule has 0 saturated heterocycles. The average Bonchev–Trinajstić information content (AvgIpc) is 3.05. The lowest BCUT2D eigenvalue weighted by Gasteiger charge is -2.10. The number of amides is 1. The maximum atomic E-state index is 12.2. The van der Waals surface area contributed by atoms with E-state index in [0.29, 0.717) is 0 Å². The number of carbonyl (C=O) groups excluding carboxylic acids is 1. The van der Waals surface area contributed by atoms with Crippen molar-refractivity contribution >= 4 is 23.4 Å². The van der Waals surface area contributed by atoms with Gasteiger partial charge < -0.3 is 5.32 Å². The molecule has 0 fully saturated rings. The standard InChI is InChI=1S/C17H13N5OS/c18-10-16-19-12-22(21-16)11-17(23)20-14-8-4-5-9-15(14)24-13-6-2-1-3-7-13/h1-9,12H,11H2,(H,20,23). The Morgan fingerprint density at radius 2 is 1.92 bits per heavy atom. The number of hydrogen-bond acceptors (Lipinski definition) is 5. The van der Waals surface area contributed by atoms with Gasteiger partial charge in [0, 0.05) is 9.79 Å². The topological polar surface area (TPSA) is 83.6 Å². The van der Waals surface area contributed by atoms with Gasteiger partial charge in [-0.1, -0.05) is 42.1 Å². The van der Waals surface area contributed by atoms with Gasteiger partial charge in [-0.25, -0.2) is 9.67 Å². The number of hydrogen-bond donors (Lipinski definition) is 1. The molecule has 3 rings (SSSR count). The zero-order valence-corrected chi connectivity index (χ0v) is 13.4. The van der Waals surface area contributed by atoms with Gasteiger partial charge in [-0.15, -0.1) is 5.10 Å². The second kappa shape index (κ2) is 7.44. The molecule has 6 nitrogen and oxygen atoms in total. The summed E-state index contributed by atoms with van der Waals surface area (Å²) in [6.07, 6.45) is 1.36. The van der Waals surface area contributed by atoms with Crippen LogP contribution in [0.1, 0.15) is 5.82 Å². The Kier molecular flexibility index (Phi) is 4.89. The number of carbonyl (C=O) groups is 1. The van der Waals surface area contributed by atoms with E-state index in [4.69, 9.17) is 5.26 Å². The van der Waals surface area contributed by atoms with Crippen LogP contribution in [0.3, 0.4) is 0 Å². The van der Waals surface area contributed by atoms with Gasteiger partial charge in [0.15, 0.2) is 0 Å². The lowest BCUT2D eigenvalue weighted by molar-refractivity contribution is -0.116. The number of anilines is 1. The first kappa shape index (κ1) is 15.8. The van der Waals surface area contributed by atoms with Gasteiger partial charge in [-0.3, -0.25) is 4.79 Å². The van der Waals surface area contributed by atoms with Gasteiger partial charge in [-0.2, -0.15) is 5.26 Å². The Labute approximate surface area is 143 Å². The fourth-order valence-corrected chi connectivity index (χ4v) is 2.96. The quantitative estimate of drug-likeness (QED) is 0.775. The van der Waals surface area contributed by atoms with Gasteiger partial charge in [0.2, 0.25) is 5.91 Å². The van der Waals surface area contributed by atoms with Crippen molar-refractivity contribution in [2.24, 2.45) is 0 Å². The number of nitriles is 1. The molecule has 0 saturated carbocycles. The molecule has 118 valence electrons. The molecule has 1 heterocycles. The molecule has 0 unspecified atom stereocenters. The number of nitrogens with zero attached hydrogens (tertiary/aromatic N) is 4. The van der Waals surface area contributed by atoms with Crippen LogP contribution >= 0.6 is 11.8 Å². The number of nitrogens with one attached hydrogen (secondary N) is 1. The van der Waals surface area contributed by atoms with E-state index < -0.39 is 0 Å². The van der Waals surface area contributed by atoms with E-state index in [1.807, 2.05) is 60.7 Å². The maximum absolute atomic E-state index is 12.2. The van der Waals surface area contributed by atoms with E-state index in [1.165, 1.54) is 11.0 Å². The first-order valence-corrected chi connectivity index (χ1v) is 7.97. The molecule has 24 heavy (non-hydrogen) atoms. The highest BCUT2D eigenvalue weighted by molar-refractivity contribution is 7.99. The summed E-state index contributed by atoms with van der Waals surface area (Å²) in [5.74, 6) is -0.187. The van der Waals surface area contributed by atoms with Gasteiger partial charge in [0.1, 0.15) is 18.9 Å². The van der Waals surface area contributed by atoms with Crippen molar-refractivity contribution in [1.82, 2.24) is 14.8 Å². The van der Waals surface area contributed by atoms with Crippen LogP contribution in [0, 0.1) is 11.3 Å². The smallest absolute Gasteiger partial charge is 0.252 e. The third-order valence-corrected chi connectivity index (χ3v) is 4.16. The lowest BCUT2D eigenvalue weighted by Crippen LogP contribution is -2.19. The Hall–Kier alpha value is -3.11. The SMILES string of the molecule is N#Cc1ncn(CC(=O)Nc2ccccc2Sc2ccccc2)n1. The molecule has 7 heteroatoms. The molecule has 1 amide bonds. The highest BCUT2D eigenvalue weighted by Gasteiger charge is 2.09. The summed E-state index contributed by atoms with van der Waals surface area (Å²) in [6.45, 7) is -0.000974. The second-order valence-electron chi connectivity index (χ2n) is 4.84. The zero-order chi connectivity index (χ0) is 16.8. The van der Waals surface area contributed by atoms with E-state index in [2.05, 4.69) is 15.4 Å². The summed E-state index contributed by atoms with van der Waals surface area (Å²) in [5.41, 5.74) is 0.733. The van der Waals surface area contributed by atoms with Crippen LogP contribution < -0.4 is 5.32 Å². The predicted molar refractivity (Wildman–Crippen MR) is 90.4 cm³/mol. The highest BCUT2D eigenvalue weighted by Crippen LogP contribution is 2.33. The van der Waals surface area contributed by atoms with Crippen molar-refractivity contribution in [2.45, 2.75) is 16.3 Å². The van der Waals surface area contributed by atoms with Crippen molar-refractivity contribution in [1.29, 1.82) is 5.26 Å². The van der Waals surface area contributed by atoms with Gasteiger partial charge in [-0.05, 0) is 24.3 Å². The molecular weight excluding hydrogens is 322 g/mol. The Morgan fingerprint density at radius 3 is 2.67 bits per heavy atom. The minimum atomic E-state index is -0.231. The first-order valence-electron chi connectivity index (χ1n) is 7.16. The van der Waals surface area contributed by atoms with Crippen LogP contribution in [0.2, 0.25) is 0 Å². The summed E-state index contributed by atoms with van der Waals surface area (Å²) in [7, 11) is 0. The van der Waals surface area contributed by atoms with E-state index in [9.17, 15) is 4.79 Å². The molecule has 0 aliphatic rings. The van der Waals surface area contributed by atoms with E-state index in [0.717, 1.165) is 15.5 Å². The van der Waals surface area contributed by atoms with Gasteiger partial charge >= 0.3 is 0 Å². The summed E-state index contributed by atoms with van der Waals surface area (Å²) in [5, 5.41) is 15.5. The van der Waals surface area contributed by atoms with Crippen LogP contribution in [0.5, 0.6) is 0 Å². The van der Waals surface area contributed by atoms with Gasteiger partial charge in [0.25, 0.3) is 5.82 Å². The van der Waals surface area contributed by atoms with E-state index in [1.54, 1.807) is 11.8 Å². The molecule has 0 radical (unpaired) electrons. The summed E-state index contributed by atoms with van der Waals surface area (Å²) >= 11 is 1.58. The van der Waals surface area contributed by atoms with Crippen LogP contribution in [0.25, 0.3) is 0 Å². The van der Waals surface area contributed by atoms with Crippen LogP contribution in [-0.2, 0) is 11.3 Å². The third-order valence-electron chi connectivity index (χ3n) is 3.07. The monoisotopic (exact) mass is 335 g/mol. The maximum Gasteiger partial charge on any atom is 0.252 e. The molecular formula is C17H13N5OS. The third kappa shape index (κ3) is 4.00. The Morgan fingerprint density at radius 1 is 1.17 bits per heavy atom. The highest BCUT2D eigenvalue weighted by atomic mass is 32.2. The summed E-state index contributed by atoms with van der Waals surface area (Å²) in [6, 6.07) is 19.4. The van der Waals surface area contributed by atoms with Crippen LogP contribution in [0.4, 0.5) is 5.69 Å². The fraction of sp³-hybridized carbons (Fsp3) is 0.0588. The van der Waals surface area contributed by atoms with Crippen molar-refractivity contribution in [3.63, 3.8) is 0 Å². The lowest BCUT2D eigenvalue weighted by atomic mass is 10.3. The molecule has 0 aliphatic heterocycles. The number of para-hydroxylation sites is 1. The summed E-state index contributed by atoms with van der Waals surface area (Å²) < 4.78 is 1.33. The second-order valence-corrected chi connectivity index (χ2v) is 5.95. The molecule has 0 aliphatic carbocycles. The minimum Gasteiger partial charge on any atom is -0.323 e. The predicted octanol–water partition coefficient (Wildman–Crippen LogP) is 2.94. The molecule has 0 atom stereocenters. The van der Waals surface area contributed by atoms with Crippen molar-refractivity contribution in [2.75, 3.05) is 5.32 Å². The van der Waals surface area contributed by atoms with Crippen LogP contribution in [0.15, 0.2) is 70.7 Å². The molecule has 0 bridgehead atoms. The van der Waals surface area contributed by atoms with E-state index >= 15 is 0 Å². The molecule has 2 aromatic carbocycles. The van der Waals surface area contributed by atoms with Gasteiger partial charge in [0.05, 0.1) is 5.69 Å². The molecule has 1 aromatic heterocycles. The summed E-state index contributed by atoms with van der Waals surface area (Å²) in [4.78, 5) is 18.0. The fourth-order valence-electron chi connectivity index (χ4n) is 2.03. The van der Waals surface area contributed by atoms with Crippen molar-refractivity contribution < 1.29 is 4.79 Å². The number of aromatic nitrogens is 3. The van der Waals surface area contributed by atoms with Crippen molar-refractivity contribution in [3.8, 4) is 6.07 Å². The average molecular weight is 335 g/mol. The van der Waals surface area contributed by atoms with E-state index in [-0.39, 0.29) is 18.3 Å². The first-order chi connectivity index (χ1) is 11.7. The number of rotatable bonds is 5. The van der Waals surface area contributed by atoms with Crippen molar-refractivity contribution in [3.05, 3.63) is 66.7 Å². The Bertz CT molecular complexity index is 885.